The minimum Gasteiger partial charge on any atom is -0.326 e. The van der Waals surface area contributed by atoms with Crippen LogP contribution in [0.4, 0.5) is 11.4 Å². The first-order chi connectivity index (χ1) is 16.1. The lowest BCUT2D eigenvalue weighted by Crippen LogP contribution is -2.31. The van der Waals surface area contributed by atoms with E-state index in [0.29, 0.717) is 41.3 Å². The Bertz CT molecular complexity index is 1330. The van der Waals surface area contributed by atoms with Crippen LogP contribution in [-0.4, -0.2) is 29.9 Å². The highest BCUT2D eigenvalue weighted by atomic mass is 16.6. The number of hydrogen-bond acceptors (Lipinski definition) is 6. The number of imidazole rings is 1. The maximum absolute atomic E-state index is 12.7. The molecule has 1 aromatic carbocycles. The molecule has 0 spiro atoms. The smallest absolute Gasteiger partial charge is 0.326 e. The highest BCUT2D eigenvalue weighted by Gasteiger charge is 2.20. The second kappa shape index (κ2) is 10.4. The van der Waals surface area contributed by atoms with Crippen molar-refractivity contribution >= 4 is 28.4 Å². The molecule has 0 saturated heterocycles. The molecule has 182 valence electrons. The van der Waals surface area contributed by atoms with Crippen LogP contribution in [-0.2, 0) is 24.3 Å². The van der Waals surface area contributed by atoms with Gasteiger partial charge < -0.3 is 9.88 Å². The predicted octanol–water partition coefficient (Wildman–Crippen LogP) is 3.13. The summed E-state index contributed by atoms with van der Waals surface area (Å²) in [5.41, 5.74) is 0.434. The van der Waals surface area contributed by atoms with Crippen LogP contribution < -0.4 is 16.6 Å². The zero-order chi connectivity index (χ0) is 25.0. The molecule has 2 aromatic heterocycles. The van der Waals surface area contributed by atoms with Crippen LogP contribution in [0.15, 0.2) is 27.8 Å². The van der Waals surface area contributed by atoms with Crippen LogP contribution in [0.2, 0.25) is 0 Å². The van der Waals surface area contributed by atoms with Crippen molar-refractivity contribution in [2.45, 2.75) is 66.5 Å². The van der Waals surface area contributed by atoms with Gasteiger partial charge in [-0.1, -0.05) is 33.3 Å². The quantitative estimate of drug-likeness (QED) is 0.344. The highest BCUT2D eigenvalue weighted by Crippen LogP contribution is 2.22. The van der Waals surface area contributed by atoms with Crippen molar-refractivity contribution < 1.29 is 9.72 Å². The molecule has 2 heterocycles. The van der Waals surface area contributed by atoms with Crippen LogP contribution in [0.3, 0.4) is 0 Å². The summed E-state index contributed by atoms with van der Waals surface area (Å²) in [7, 11) is 0. The molecule has 0 unspecified atom stereocenters. The number of unbranched alkanes of at least 4 members (excludes halogenated alkanes) is 1. The van der Waals surface area contributed by atoms with Gasteiger partial charge in [-0.15, -0.1) is 0 Å². The van der Waals surface area contributed by atoms with Crippen LogP contribution in [0.25, 0.3) is 11.2 Å². The van der Waals surface area contributed by atoms with Gasteiger partial charge in [0.05, 0.1) is 4.92 Å². The van der Waals surface area contributed by atoms with Crippen molar-refractivity contribution in [1.82, 2.24) is 19.1 Å². The zero-order valence-electron chi connectivity index (χ0n) is 19.9. The molecule has 3 rings (SSSR count). The number of nitro benzene ring substituents is 1. The Kier molecular flexibility index (Phi) is 7.64. The zero-order valence-corrected chi connectivity index (χ0v) is 19.9. The first kappa shape index (κ1) is 24.9. The van der Waals surface area contributed by atoms with Gasteiger partial charge >= 0.3 is 5.69 Å². The number of carbonyl (C=O) groups excluding carboxylic acids is 1. The summed E-state index contributed by atoms with van der Waals surface area (Å²) in [6.07, 6.45) is 1.94. The molecule has 3 aromatic rings. The molecule has 0 radical (unpaired) electrons. The first-order valence-electron chi connectivity index (χ1n) is 11.4. The standard InChI is InChI=1S/C23H30N6O5/c1-5-6-11-27-21-20(22(31)26-23(27)32)28(13-14(2)3)18(25-21)9-10-19(30)24-16-8-7-15(4)17(12-16)29(33)34/h7-8,12,14H,5-6,9-11,13H2,1-4H3,(H,24,30)(H,26,31,32). The fourth-order valence-corrected chi connectivity index (χ4v) is 3.83. The van der Waals surface area contributed by atoms with Crippen molar-refractivity contribution in [2.24, 2.45) is 5.92 Å². The average Bonchev–Trinajstić information content (AvgIpc) is 3.11. The van der Waals surface area contributed by atoms with Gasteiger partial charge in [-0.25, -0.2) is 9.78 Å². The van der Waals surface area contributed by atoms with Gasteiger partial charge in [-0.05, 0) is 25.3 Å². The normalized spacial score (nSPS) is 11.3. The molecular formula is C23H30N6O5. The lowest BCUT2D eigenvalue weighted by atomic mass is 10.1. The first-order valence-corrected chi connectivity index (χ1v) is 11.4. The number of hydrogen-bond donors (Lipinski definition) is 2. The number of rotatable bonds is 10. The Morgan fingerprint density at radius 3 is 2.65 bits per heavy atom. The van der Waals surface area contributed by atoms with Crippen molar-refractivity contribution in [2.75, 3.05) is 5.32 Å². The molecule has 0 bridgehead atoms. The number of aromatic nitrogens is 4. The summed E-state index contributed by atoms with van der Waals surface area (Å²) < 4.78 is 3.26. The number of nitro groups is 1. The number of benzene rings is 1. The Hall–Kier alpha value is -3.76. The molecule has 0 fully saturated rings. The van der Waals surface area contributed by atoms with Gasteiger partial charge in [0.15, 0.2) is 11.2 Å². The summed E-state index contributed by atoms with van der Waals surface area (Å²) >= 11 is 0. The molecule has 2 N–H and O–H groups in total. The third-order valence-corrected chi connectivity index (χ3v) is 5.51. The summed E-state index contributed by atoms with van der Waals surface area (Å²) in [5, 5.41) is 13.8. The van der Waals surface area contributed by atoms with Crippen molar-refractivity contribution in [3.8, 4) is 0 Å². The van der Waals surface area contributed by atoms with E-state index >= 15 is 0 Å². The lowest BCUT2D eigenvalue weighted by Gasteiger charge is -2.12. The average molecular weight is 471 g/mol. The van der Waals surface area contributed by atoms with E-state index in [2.05, 4.69) is 15.3 Å². The minimum atomic E-state index is -0.497. The predicted molar refractivity (Wildman–Crippen MR) is 129 cm³/mol. The molecule has 11 nitrogen and oxygen atoms in total. The summed E-state index contributed by atoms with van der Waals surface area (Å²) in [6, 6.07) is 4.52. The second-order valence-corrected chi connectivity index (χ2v) is 8.78. The fourth-order valence-electron chi connectivity index (χ4n) is 3.83. The number of aryl methyl sites for hydroxylation is 3. The number of fused-ring (bicyclic) bond motifs is 1. The molecule has 0 saturated carbocycles. The lowest BCUT2D eigenvalue weighted by molar-refractivity contribution is -0.385. The van der Waals surface area contributed by atoms with E-state index in [-0.39, 0.29) is 30.4 Å². The molecule has 0 aliphatic carbocycles. The van der Waals surface area contributed by atoms with Gasteiger partial charge in [-0.3, -0.25) is 29.3 Å². The molecule has 34 heavy (non-hydrogen) atoms. The monoisotopic (exact) mass is 470 g/mol. The maximum Gasteiger partial charge on any atom is 0.330 e. The van der Waals surface area contributed by atoms with Gasteiger partial charge in [0, 0.05) is 43.2 Å². The van der Waals surface area contributed by atoms with Crippen LogP contribution in [0.5, 0.6) is 0 Å². The minimum absolute atomic E-state index is 0.0557. The summed E-state index contributed by atoms with van der Waals surface area (Å²) in [6.45, 7) is 8.60. The molecule has 1 amide bonds. The number of nitrogens with zero attached hydrogens (tertiary/aromatic N) is 4. The van der Waals surface area contributed by atoms with Crippen LogP contribution in [0, 0.1) is 23.0 Å². The van der Waals surface area contributed by atoms with Crippen molar-refractivity contribution in [1.29, 1.82) is 0 Å². The number of anilines is 1. The van der Waals surface area contributed by atoms with E-state index in [1.54, 1.807) is 23.6 Å². The second-order valence-electron chi connectivity index (χ2n) is 8.78. The fraction of sp³-hybridized carbons (Fsp3) is 0.478. The molecule has 0 aliphatic rings. The number of amides is 1. The highest BCUT2D eigenvalue weighted by molar-refractivity contribution is 5.91. The third-order valence-electron chi connectivity index (χ3n) is 5.51. The number of carbonyl (C=O) groups is 1. The topological polar surface area (TPSA) is 145 Å². The van der Waals surface area contributed by atoms with E-state index in [0.717, 1.165) is 12.8 Å². The Balaban J connectivity index is 1.90. The van der Waals surface area contributed by atoms with E-state index in [9.17, 15) is 24.5 Å². The van der Waals surface area contributed by atoms with Crippen LogP contribution >= 0.6 is 0 Å². The third kappa shape index (κ3) is 5.41. The molecule has 11 heteroatoms. The maximum atomic E-state index is 12.7. The molecule has 0 atom stereocenters. The molecular weight excluding hydrogens is 440 g/mol. The number of nitrogens with one attached hydrogen (secondary N) is 2. The summed E-state index contributed by atoms with van der Waals surface area (Å²) in [4.78, 5) is 55.3. The van der Waals surface area contributed by atoms with E-state index in [1.165, 1.54) is 10.6 Å². The number of aromatic amines is 1. The number of H-pyrrole nitrogens is 1. The van der Waals surface area contributed by atoms with Crippen molar-refractivity contribution in [3.05, 3.63) is 60.5 Å². The SMILES string of the molecule is CCCCn1c(=O)[nH]c(=O)c2c1nc(CCC(=O)Nc1ccc(C)c([N+](=O)[O-])c1)n2CC(C)C. The van der Waals surface area contributed by atoms with Gasteiger partial charge in [0.1, 0.15) is 5.82 Å². The van der Waals surface area contributed by atoms with E-state index < -0.39 is 16.2 Å². The van der Waals surface area contributed by atoms with E-state index in [4.69, 9.17) is 0 Å². The van der Waals surface area contributed by atoms with Crippen LogP contribution in [0.1, 0.15) is 51.4 Å². The Morgan fingerprint density at radius 1 is 1.26 bits per heavy atom. The Labute approximate surface area is 196 Å². The van der Waals surface area contributed by atoms with Gasteiger partial charge in [0.2, 0.25) is 5.91 Å². The van der Waals surface area contributed by atoms with Gasteiger partial charge in [-0.2, -0.15) is 0 Å². The summed E-state index contributed by atoms with van der Waals surface area (Å²) in [5.74, 6) is 0.405. The van der Waals surface area contributed by atoms with E-state index in [1.807, 2.05) is 20.8 Å². The largest absolute Gasteiger partial charge is 0.330 e. The Morgan fingerprint density at radius 2 is 2.00 bits per heavy atom. The van der Waals surface area contributed by atoms with Gasteiger partial charge in [0.25, 0.3) is 11.2 Å². The molecule has 0 aliphatic heterocycles. The van der Waals surface area contributed by atoms with Crippen molar-refractivity contribution in [3.63, 3.8) is 0 Å².